The van der Waals surface area contributed by atoms with Gasteiger partial charge in [-0.3, -0.25) is 4.79 Å². The molecule has 1 amide bonds. The maximum atomic E-state index is 12.6. The Morgan fingerprint density at radius 3 is 2.33 bits per heavy atom. The van der Waals surface area contributed by atoms with Crippen molar-refractivity contribution in [2.75, 3.05) is 26.2 Å². The number of ether oxygens (including phenoxy) is 1. The van der Waals surface area contributed by atoms with Crippen LogP contribution < -0.4 is 10.1 Å². The minimum Gasteiger partial charge on any atom is -0.494 e. The molecule has 136 valence electrons. The quantitative estimate of drug-likeness (QED) is 0.618. The fourth-order valence-electron chi connectivity index (χ4n) is 2.21. The highest BCUT2D eigenvalue weighted by Gasteiger charge is 2.25. The number of carbonyl (C=O) groups excluding carboxylic acids is 1. The molecule has 0 bridgehead atoms. The molecule has 7 heteroatoms. The molecule has 6 nitrogen and oxygen atoms in total. The normalized spacial score (nSPS) is 11.5. The summed E-state index contributed by atoms with van der Waals surface area (Å²) in [7, 11) is -3.70. The van der Waals surface area contributed by atoms with E-state index >= 15 is 0 Å². The van der Waals surface area contributed by atoms with E-state index in [0.29, 0.717) is 18.9 Å². The van der Waals surface area contributed by atoms with Crippen LogP contribution in [0, 0.1) is 0 Å². The first kappa shape index (κ1) is 20.4. The van der Waals surface area contributed by atoms with Crippen molar-refractivity contribution in [3.05, 3.63) is 24.3 Å². The van der Waals surface area contributed by atoms with Gasteiger partial charge in [-0.25, -0.2) is 8.42 Å². The lowest BCUT2D eigenvalue weighted by Crippen LogP contribution is -2.40. The first-order valence-corrected chi connectivity index (χ1v) is 9.89. The Balaban J connectivity index is 2.72. The van der Waals surface area contributed by atoms with Crippen LogP contribution in [0.25, 0.3) is 0 Å². The van der Waals surface area contributed by atoms with Crippen molar-refractivity contribution in [1.29, 1.82) is 0 Å². The largest absolute Gasteiger partial charge is 0.494 e. The Morgan fingerprint density at radius 1 is 1.12 bits per heavy atom. The van der Waals surface area contributed by atoms with E-state index in [9.17, 15) is 13.2 Å². The first-order valence-electron chi connectivity index (χ1n) is 8.45. The van der Waals surface area contributed by atoms with Crippen LogP contribution in [0.5, 0.6) is 5.75 Å². The minimum absolute atomic E-state index is 0.159. The number of rotatable bonds is 11. The Kier molecular flexibility index (Phi) is 8.78. The molecule has 1 N–H and O–H groups in total. The Labute approximate surface area is 145 Å². The predicted octanol–water partition coefficient (Wildman–Crippen LogP) is 2.40. The molecule has 0 atom stereocenters. The molecule has 0 unspecified atom stereocenters. The third-order valence-electron chi connectivity index (χ3n) is 3.55. The summed E-state index contributed by atoms with van der Waals surface area (Å²) in [6, 6.07) is 6.24. The number of hydrogen-bond donors (Lipinski definition) is 1. The van der Waals surface area contributed by atoms with E-state index in [1.54, 1.807) is 19.1 Å². The van der Waals surface area contributed by atoms with Crippen LogP contribution in [0.2, 0.25) is 0 Å². The van der Waals surface area contributed by atoms with Gasteiger partial charge in [0.25, 0.3) is 0 Å². The van der Waals surface area contributed by atoms with E-state index in [2.05, 4.69) is 12.2 Å². The molecule has 0 spiro atoms. The van der Waals surface area contributed by atoms with E-state index in [-0.39, 0.29) is 23.9 Å². The number of nitrogens with one attached hydrogen (secondary N) is 1. The number of unbranched alkanes of at least 4 members (excludes halogenated alkanes) is 2. The topological polar surface area (TPSA) is 75.7 Å². The number of nitrogens with zero attached hydrogens (tertiary/aromatic N) is 1. The highest BCUT2D eigenvalue weighted by atomic mass is 32.2. The van der Waals surface area contributed by atoms with Gasteiger partial charge >= 0.3 is 0 Å². The van der Waals surface area contributed by atoms with Gasteiger partial charge in [-0.15, -0.1) is 0 Å². The molecule has 0 aliphatic carbocycles. The van der Waals surface area contributed by atoms with E-state index in [1.807, 2.05) is 6.92 Å². The molecule has 0 aromatic heterocycles. The molecular formula is C17H28N2O4S. The summed E-state index contributed by atoms with van der Waals surface area (Å²) in [5.74, 6) is 0.343. The van der Waals surface area contributed by atoms with Crippen molar-refractivity contribution >= 4 is 15.9 Å². The summed E-state index contributed by atoms with van der Waals surface area (Å²) >= 11 is 0. The zero-order valence-electron chi connectivity index (χ0n) is 14.7. The number of likely N-dealkylation sites (N-methyl/N-ethyl adjacent to an activating group) is 1. The van der Waals surface area contributed by atoms with Crippen molar-refractivity contribution in [2.24, 2.45) is 0 Å². The van der Waals surface area contributed by atoms with Crippen LogP contribution in [0.4, 0.5) is 0 Å². The Bertz CT molecular complexity index is 600. The fourth-order valence-corrected chi connectivity index (χ4v) is 3.61. The lowest BCUT2D eigenvalue weighted by atomic mass is 10.2. The van der Waals surface area contributed by atoms with Gasteiger partial charge in [0.15, 0.2) is 0 Å². The second-order valence-electron chi connectivity index (χ2n) is 5.39. The van der Waals surface area contributed by atoms with Gasteiger partial charge in [-0.2, -0.15) is 4.31 Å². The van der Waals surface area contributed by atoms with E-state index in [0.717, 1.165) is 19.3 Å². The van der Waals surface area contributed by atoms with Crippen LogP contribution in [-0.2, 0) is 14.8 Å². The first-order chi connectivity index (χ1) is 11.5. The molecule has 24 heavy (non-hydrogen) atoms. The second kappa shape index (κ2) is 10.3. The van der Waals surface area contributed by atoms with Crippen LogP contribution in [0.1, 0.15) is 40.0 Å². The number of benzene rings is 1. The highest BCUT2D eigenvalue weighted by molar-refractivity contribution is 7.89. The maximum absolute atomic E-state index is 12.6. The van der Waals surface area contributed by atoms with Gasteiger partial charge in [-0.1, -0.05) is 26.7 Å². The third kappa shape index (κ3) is 6.13. The summed E-state index contributed by atoms with van der Waals surface area (Å²) in [4.78, 5) is 12.1. The molecular weight excluding hydrogens is 328 g/mol. The Hall–Kier alpha value is -1.60. The molecule has 0 aliphatic heterocycles. The van der Waals surface area contributed by atoms with Gasteiger partial charge in [0.05, 0.1) is 18.0 Å². The maximum Gasteiger partial charge on any atom is 0.243 e. The standard InChI is InChI=1S/C17H28N2O4S/c1-4-7-8-13-18-17(20)14-19(5-2)24(21,22)16-11-9-15(10-12-16)23-6-3/h9-12H,4-8,13-14H2,1-3H3,(H,18,20). The highest BCUT2D eigenvalue weighted by Crippen LogP contribution is 2.19. The molecule has 0 heterocycles. The number of carbonyl (C=O) groups is 1. The Morgan fingerprint density at radius 2 is 1.79 bits per heavy atom. The van der Waals surface area contributed by atoms with Crippen molar-refractivity contribution < 1.29 is 17.9 Å². The predicted molar refractivity (Wildman–Crippen MR) is 94.6 cm³/mol. The zero-order chi connectivity index (χ0) is 18.0. The molecule has 0 saturated heterocycles. The summed E-state index contributed by atoms with van der Waals surface area (Å²) in [5, 5.41) is 2.77. The van der Waals surface area contributed by atoms with Crippen LogP contribution >= 0.6 is 0 Å². The fraction of sp³-hybridized carbons (Fsp3) is 0.588. The summed E-state index contributed by atoms with van der Waals surface area (Å²) in [6.07, 6.45) is 3.02. The average molecular weight is 356 g/mol. The number of sulfonamides is 1. The van der Waals surface area contributed by atoms with Crippen molar-refractivity contribution in [2.45, 2.75) is 44.9 Å². The van der Waals surface area contributed by atoms with E-state index in [1.165, 1.54) is 16.4 Å². The minimum atomic E-state index is -3.70. The van der Waals surface area contributed by atoms with Crippen LogP contribution in [0.15, 0.2) is 29.2 Å². The molecule has 0 saturated carbocycles. The summed E-state index contributed by atoms with van der Waals surface area (Å²) in [5.41, 5.74) is 0. The molecule has 1 rings (SSSR count). The monoisotopic (exact) mass is 356 g/mol. The average Bonchev–Trinajstić information content (AvgIpc) is 2.57. The molecule has 1 aromatic rings. The van der Waals surface area contributed by atoms with Gasteiger partial charge < -0.3 is 10.1 Å². The molecule has 0 radical (unpaired) electrons. The second-order valence-corrected chi connectivity index (χ2v) is 7.33. The van der Waals surface area contributed by atoms with Crippen molar-refractivity contribution in [1.82, 2.24) is 9.62 Å². The van der Waals surface area contributed by atoms with Gasteiger partial charge in [0.1, 0.15) is 5.75 Å². The molecule has 1 aromatic carbocycles. The summed E-state index contributed by atoms with van der Waals surface area (Å²) in [6.45, 7) is 6.83. The molecule has 0 fully saturated rings. The summed E-state index contributed by atoms with van der Waals surface area (Å²) < 4.78 is 31.8. The lowest BCUT2D eigenvalue weighted by Gasteiger charge is -2.20. The van der Waals surface area contributed by atoms with Crippen molar-refractivity contribution in [3.8, 4) is 5.75 Å². The molecule has 0 aliphatic rings. The van der Waals surface area contributed by atoms with Crippen LogP contribution in [-0.4, -0.2) is 44.9 Å². The van der Waals surface area contributed by atoms with E-state index in [4.69, 9.17) is 4.74 Å². The van der Waals surface area contributed by atoms with E-state index < -0.39 is 10.0 Å². The SMILES string of the molecule is CCCCCNC(=O)CN(CC)S(=O)(=O)c1ccc(OCC)cc1. The smallest absolute Gasteiger partial charge is 0.243 e. The number of amides is 1. The van der Waals surface area contributed by atoms with Crippen molar-refractivity contribution in [3.63, 3.8) is 0 Å². The zero-order valence-corrected chi connectivity index (χ0v) is 15.6. The van der Waals surface area contributed by atoms with Gasteiger partial charge in [-0.05, 0) is 37.6 Å². The lowest BCUT2D eigenvalue weighted by molar-refractivity contribution is -0.121. The van der Waals surface area contributed by atoms with Gasteiger partial charge in [0, 0.05) is 13.1 Å². The number of hydrogen-bond acceptors (Lipinski definition) is 4. The van der Waals surface area contributed by atoms with Crippen LogP contribution in [0.3, 0.4) is 0 Å². The third-order valence-corrected chi connectivity index (χ3v) is 5.48. The van der Waals surface area contributed by atoms with Gasteiger partial charge in [0.2, 0.25) is 15.9 Å².